The molecule has 2 heterocycles. The summed E-state index contributed by atoms with van der Waals surface area (Å²) in [5.74, 6) is 0. The van der Waals surface area contributed by atoms with Crippen molar-refractivity contribution in [3.8, 4) is 44.8 Å². The van der Waals surface area contributed by atoms with Crippen LogP contribution in [0.2, 0.25) is 0 Å². The highest BCUT2D eigenvalue weighted by Gasteiger charge is 2.22. The van der Waals surface area contributed by atoms with Crippen LogP contribution in [0.5, 0.6) is 0 Å². The predicted octanol–water partition coefficient (Wildman–Crippen LogP) is 18.0. The molecule has 2 heteroatoms. The molecule has 0 fully saturated rings. The minimum Gasteiger partial charge on any atom is -0.309 e. The molecule has 74 heavy (non-hydrogen) atoms. The first-order chi connectivity index (χ1) is 36.7. The van der Waals surface area contributed by atoms with Crippen molar-refractivity contribution in [3.63, 3.8) is 0 Å². The summed E-state index contributed by atoms with van der Waals surface area (Å²) in [7, 11) is 0. The Morgan fingerprint density at radius 1 is 0.257 bits per heavy atom. The van der Waals surface area contributed by atoms with Crippen LogP contribution in [-0.4, -0.2) is 9.13 Å². The van der Waals surface area contributed by atoms with E-state index < -0.39 is 0 Å². The van der Waals surface area contributed by atoms with E-state index in [0.29, 0.717) is 0 Å². The zero-order valence-electron chi connectivity index (χ0n) is 40.6. The Morgan fingerprint density at radius 2 is 0.703 bits per heavy atom. The van der Waals surface area contributed by atoms with Gasteiger partial charge in [0.15, 0.2) is 0 Å². The van der Waals surface area contributed by atoms with E-state index in [1.54, 1.807) is 0 Å². The largest absolute Gasteiger partial charge is 0.309 e. The molecule has 13 aromatic carbocycles. The predicted molar refractivity (Wildman–Crippen MR) is 316 cm³/mol. The minimum atomic E-state index is 1.05. The molecule has 0 spiro atoms. The van der Waals surface area contributed by atoms with Crippen molar-refractivity contribution in [1.29, 1.82) is 0 Å². The number of aromatic nitrogens is 2. The van der Waals surface area contributed by atoms with E-state index in [4.69, 9.17) is 0 Å². The highest BCUT2D eigenvalue weighted by molar-refractivity contribution is 6.23. The molecular formula is C72H46N2. The smallest absolute Gasteiger partial charge is 0.0547 e. The molecule has 0 radical (unpaired) electrons. The average Bonchev–Trinajstić information content (AvgIpc) is 3.99. The summed E-state index contributed by atoms with van der Waals surface area (Å²) in [5.41, 5.74) is 14.5. The van der Waals surface area contributed by atoms with Gasteiger partial charge in [0.25, 0.3) is 0 Å². The second-order valence-corrected chi connectivity index (χ2v) is 20.2. The van der Waals surface area contributed by atoms with E-state index in [2.05, 4.69) is 264 Å². The van der Waals surface area contributed by atoms with Gasteiger partial charge in [-0.1, -0.05) is 218 Å². The van der Waals surface area contributed by atoms with Crippen LogP contribution in [0, 0.1) is 0 Å². The number of nitrogens with zero attached hydrogens (tertiary/aromatic N) is 2. The Labute approximate surface area is 427 Å². The van der Waals surface area contributed by atoms with Crippen molar-refractivity contribution in [2.45, 2.75) is 12.8 Å². The molecule has 1 aliphatic rings. The molecule has 2 nitrogen and oxygen atoms in total. The van der Waals surface area contributed by atoms with Crippen LogP contribution in [0.1, 0.15) is 12.8 Å². The standard InChI is InChI=1S/C72H46N2/c1-5-21-51-45(15-1)19-13-29-53(51)49-31-35-63-69(43-49)73(67-39-33-47-17-3-7-23-55(47)71(63)67)65-41-37-59(57-25-9-11-27-61(57)65)60-38-42-66(62-28-12-10-26-58(60)62)74-68-40-34-48-18-4-8-24-56(48)72(68)64-36-32-50(44-70(64)74)54-30-14-20-46-16-2-6-22-52(46)54/h1-3,5-7,9-44H,4,8H2. The van der Waals surface area contributed by atoms with E-state index in [9.17, 15) is 0 Å². The maximum Gasteiger partial charge on any atom is 0.0547 e. The van der Waals surface area contributed by atoms with Gasteiger partial charge < -0.3 is 9.13 Å². The first kappa shape index (κ1) is 41.2. The SMILES string of the molecule is C1=c2ccc3c(c2=CCC1)c1ccc(-c2cccc4ccccc24)cc1n3-c1ccc(-c2ccc(-n3c4cc(-c5cccc6ccccc56)ccc4c4c5ccccc5ccc43)c3ccccc23)c2ccccc12. The Hall–Kier alpha value is -9.50. The van der Waals surface area contributed by atoms with Crippen LogP contribution < -0.4 is 10.4 Å². The van der Waals surface area contributed by atoms with Gasteiger partial charge in [0.1, 0.15) is 0 Å². The third kappa shape index (κ3) is 6.00. The summed E-state index contributed by atoms with van der Waals surface area (Å²) in [6.07, 6.45) is 7.00. The van der Waals surface area contributed by atoms with Crippen molar-refractivity contribution in [2.24, 2.45) is 0 Å². The van der Waals surface area contributed by atoms with Crippen LogP contribution in [0.3, 0.4) is 0 Å². The third-order valence-electron chi connectivity index (χ3n) is 16.3. The maximum absolute atomic E-state index is 2.55. The summed E-state index contributed by atoms with van der Waals surface area (Å²) in [6, 6.07) is 90.8. The van der Waals surface area contributed by atoms with Gasteiger partial charge in [0, 0.05) is 32.3 Å². The molecule has 0 bridgehead atoms. The fraction of sp³-hybridized carbons (Fsp3) is 0.0278. The van der Waals surface area contributed by atoms with Crippen molar-refractivity contribution >= 4 is 110 Å². The van der Waals surface area contributed by atoms with Gasteiger partial charge in [-0.2, -0.15) is 0 Å². The van der Waals surface area contributed by atoms with E-state index in [-0.39, 0.29) is 0 Å². The summed E-state index contributed by atoms with van der Waals surface area (Å²) >= 11 is 0. The molecule has 0 saturated heterocycles. The highest BCUT2D eigenvalue weighted by atomic mass is 15.0. The second-order valence-electron chi connectivity index (χ2n) is 20.2. The summed E-state index contributed by atoms with van der Waals surface area (Å²) < 4.78 is 5.08. The topological polar surface area (TPSA) is 9.86 Å². The summed E-state index contributed by atoms with van der Waals surface area (Å²) in [4.78, 5) is 0. The van der Waals surface area contributed by atoms with Gasteiger partial charge in [0.2, 0.25) is 0 Å². The lowest BCUT2D eigenvalue weighted by molar-refractivity contribution is 1.12. The molecule has 0 saturated carbocycles. The fourth-order valence-electron chi connectivity index (χ4n) is 13.0. The van der Waals surface area contributed by atoms with Crippen molar-refractivity contribution in [2.75, 3.05) is 0 Å². The molecule has 344 valence electrons. The number of hydrogen-bond donors (Lipinski definition) is 0. The molecule has 1 aliphatic carbocycles. The lowest BCUT2D eigenvalue weighted by atomic mass is 9.92. The van der Waals surface area contributed by atoms with Crippen LogP contribution in [0.25, 0.3) is 154 Å². The van der Waals surface area contributed by atoms with E-state index >= 15 is 0 Å². The van der Waals surface area contributed by atoms with Gasteiger partial charge in [-0.3, -0.25) is 0 Å². The van der Waals surface area contributed by atoms with Gasteiger partial charge in [0.05, 0.1) is 33.4 Å². The van der Waals surface area contributed by atoms with E-state index in [1.165, 1.54) is 153 Å². The number of rotatable bonds is 5. The van der Waals surface area contributed by atoms with Crippen molar-refractivity contribution < 1.29 is 0 Å². The van der Waals surface area contributed by atoms with Gasteiger partial charge in [-0.25, -0.2) is 0 Å². The first-order valence-corrected chi connectivity index (χ1v) is 26.0. The van der Waals surface area contributed by atoms with E-state index in [1.807, 2.05) is 0 Å². The summed E-state index contributed by atoms with van der Waals surface area (Å²) in [5, 5.41) is 20.2. The van der Waals surface area contributed by atoms with Crippen LogP contribution >= 0.6 is 0 Å². The number of hydrogen-bond acceptors (Lipinski definition) is 0. The molecule has 0 atom stereocenters. The number of fused-ring (bicyclic) bond motifs is 14. The Kier molecular flexibility index (Phi) is 8.90. The second kappa shape index (κ2) is 16.0. The molecular weight excluding hydrogens is 893 g/mol. The van der Waals surface area contributed by atoms with Crippen LogP contribution in [0.4, 0.5) is 0 Å². The summed E-state index contributed by atoms with van der Waals surface area (Å²) in [6.45, 7) is 0. The lowest BCUT2D eigenvalue weighted by Gasteiger charge is -2.18. The Balaban J connectivity index is 0.925. The monoisotopic (exact) mass is 938 g/mol. The minimum absolute atomic E-state index is 1.05. The van der Waals surface area contributed by atoms with E-state index in [0.717, 1.165) is 12.8 Å². The van der Waals surface area contributed by atoms with Crippen LogP contribution in [0.15, 0.2) is 243 Å². The number of benzene rings is 13. The highest BCUT2D eigenvalue weighted by Crippen LogP contribution is 2.45. The Morgan fingerprint density at radius 3 is 1.28 bits per heavy atom. The van der Waals surface area contributed by atoms with Gasteiger partial charge in [-0.05, 0) is 136 Å². The first-order valence-electron chi connectivity index (χ1n) is 26.0. The average molecular weight is 939 g/mol. The zero-order chi connectivity index (χ0) is 48.4. The molecule has 0 N–H and O–H groups in total. The normalized spacial score (nSPS) is 12.7. The maximum atomic E-state index is 2.55. The lowest BCUT2D eigenvalue weighted by Crippen LogP contribution is -2.26. The van der Waals surface area contributed by atoms with Crippen LogP contribution in [-0.2, 0) is 0 Å². The third-order valence-corrected chi connectivity index (χ3v) is 16.3. The quantitative estimate of drug-likeness (QED) is 0.163. The zero-order valence-corrected chi connectivity index (χ0v) is 40.6. The van der Waals surface area contributed by atoms with Crippen molar-refractivity contribution in [1.82, 2.24) is 9.13 Å². The molecule has 0 aliphatic heterocycles. The Bertz CT molecular complexity index is 5010. The molecule has 16 rings (SSSR count). The fourth-order valence-corrected chi connectivity index (χ4v) is 13.0. The molecule has 0 unspecified atom stereocenters. The van der Waals surface area contributed by atoms with Gasteiger partial charge in [-0.15, -0.1) is 0 Å². The molecule has 0 amide bonds. The van der Waals surface area contributed by atoms with Crippen molar-refractivity contribution in [3.05, 3.63) is 253 Å². The van der Waals surface area contributed by atoms with Gasteiger partial charge >= 0.3 is 0 Å². The molecule has 15 aromatic rings. The molecule has 2 aromatic heterocycles.